The van der Waals surface area contributed by atoms with Gasteiger partial charge in [-0.25, -0.2) is 12.8 Å². The number of nitrogens with one attached hydrogen (secondary N) is 1. The van der Waals surface area contributed by atoms with Crippen molar-refractivity contribution in [1.82, 2.24) is 0 Å². The van der Waals surface area contributed by atoms with Crippen molar-refractivity contribution in [3.63, 3.8) is 0 Å². The second-order valence-electron chi connectivity index (χ2n) is 4.37. The van der Waals surface area contributed by atoms with E-state index >= 15 is 0 Å². The van der Waals surface area contributed by atoms with Crippen molar-refractivity contribution in [2.45, 2.75) is 4.90 Å². The van der Waals surface area contributed by atoms with Crippen molar-refractivity contribution in [3.05, 3.63) is 58.3 Å². The Morgan fingerprint density at radius 3 is 2.33 bits per heavy atom. The predicted octanol–water partition coefficient (Wildman–Crippen LogP) is 3.24. The van der Waals surface area contributed by atoms with Crippen LogP contribution in [0.15, 0.2) is 51.8 Å². The van der Waals surface area contributed by atoms with Gasteiger partial charge in [-0.05, 0) is 42.5 Å². The second-order valence-corrected chi connectivity index (χ2v) is 7.31. The fourth-order valence-corrected chi connectivity index (χ4v) is 2.65. The molecule has 2 rings (SSSR count). The van der Waals surface area contributed by atoms with Gasteiger partial charge >= 0.3 is 0 Å². The van der Waals surface area contributed by atoms with Crippen LogP contribution < -0.4 is 5.32 Å². The fraction of sp³-hybridized carbons (Fsp3) is 0.0714. The Morgan fingerprint density at radius 2 is 1.76 bits per heavy atom. The van der Waals surface area contributed by atoms with Crippen molar-refractivity contribution < 1.29 is 17.6 Å². The smallest absolute Gasteiger partial charge is 0.258 e. The molecule has 0 saturated heterocycles. The maximum absolute atomic E-state index is 13.6. The van der Waals surface area contributed by atoms with Crippen LogP contribution in [0.5, 0.6) is 0 Å². The van der Waals surface area contributed by atoms with Gasteiger partial charge in [0, 0.05) is 16.4 Å². The molecule has 4 nitrogen and oxygen atoms in total. The molecule has 0 saturated carbocycles. The molecular formula is C14H11BrFNO3S. The Morgan fingerprint density at radius 1 is 1.14 bits per heavy atom. The van der Waals surface area contributed by atoms with Crippen LogP contribution in [-0.4, -0.2) is 20.6 Å². The van der Waals surface area contributed by atoms with Crippen LogP contribution in [0.4, 0.5) is 10.1 Å². The molecular weight excluding hydrogens is 361 g/mol. The van der Waals surface area contributed by atoms with Gasteiger partial charge in [0.2, 0.25) is 0 Å². The highest BCUT2D eigenvalue weighted by molar-refractivity contribution is 9.10. The quantitative estimate of drug-likeness (QED) is 0.900. The molecule has 0 atom stereocenters. The first-order valence-electron chi connectivity index (χ1n) is 5.84. The van der Waals surface area contributed by atoms with E-state index < -0.39 is 21.6 Å². The van der Waals surface area contributed by atoms with Crippen LogP contribution in [0, 0.1) is 5.82 Å². The molecule has 2 aromatic carbocycles. The molecule has 0 fully saturated rings. The lowest BCUT2D eigenvalue weighted by atomic mass is 10.2. The van der Waals surface area contributed by atoms with E-state index in [1.807, 2.05) is 0 Å². The Kier molecular flexibility index (Phi) is 4.43. The lowest BCUT2D eigenvalue weighted by Crippen LogP contribution is -2.13. The number of benzene rings is 2. The normalized spacial score (nSPS) is 11.2. The van der Waals surface area contributed by atoms with Gasteiger partial charge in [0.05, 0.1) is 10.5 Å². The molecule has 21 heavy (non-hydrogen) atoms. The fourth-order valence-electron chi connectivity index (χ4n) is 1.66. The number of hydrogen-bond acceptors (Lipinski definition) is 3. The molecule has 0 aliphatic heterocycles. The summed E-state index contributed by atoms with van der Waals surface area (Å²) in [5.41, 5.74) is 0.281. The molecule has 0 heterocycles. The van der Waals surface area contributed by atoms with Crippen molar-refractivity contribution in [3.8, 4) is 0 Å². The summed E-state index contributed by atoms with van der Waals surface area (Å²) < 4.78 is 36.8. The number of halogens is 2. The van der Waals surface area contributed by atoms with E-state index in [2.05, 4.69) is 21.2 Å². The van der Waals surface area contributed by atoms with Crippen LogP contribution in [0.25, 0.3) is 0 Å². The monoisotopic (exact) mass is 371 g/mol. The van der Waals surface area contributed by atoms with Gasteiger partial charge in [0.15, 0.2) is 9.84 Å². The molecule has 7 heteroatoms. The highest BCUT2D eigenvalue weighted by atomic mass is 79.9. The van der Waals surface area contributed by atoms with Crippen molar-refractivity contribution in [1.29, 1.82) is 0 Å². The zero-order chi connectivity index (χ0) is 15.6. The van der Waals surface area contributed by atoms with Gasteiger partial charge < -0.3 is 5.32 Å². The number of amides is 1. The maximum atomic E-state index is 13.6. The Hall–Kier alpha value is -1.73. The number of carbonyl (C=O) groups is 1. The molecule has 1 amide bonds. The Bertz CT molecular complexity index is 788. The Balaban J connectivity index is 2.22. The molecule has 0 aromatic heterocycles. The highest BCUT2D eigenvalue weighted by Crippen LogP contribution is 2.18. The van der Waals surface area contributed by atoms with Gasteiger partial charge in [-0.15, -0.1) is 0 Å². The lowest BCUT2D eigenvalue weighted by Gasteiger charge is -2.07. The summed E-state index contributed by atoms with van der Waals surface area (Å²) in [5.74, 6) is -1.25. The van der Waals surface area contributed by atoms with E-state index in [4.69, 9.17) is 0 Å². The van der Waals surface area contributed by atoms with E-state index in [0.29, 0.717) is 10.2 Å². The van der Waals surface area contributed by atoms with Crippen LogP contribution in [0.2, 0.25) is 0 Å². The summed E-state index contributed by atoms with van der Waals surface area (Å²) in [6.45, 7) is 0. The topological polar surface area (TPSA) is 63.2 Å². The number of hydrogen-bond donors (Lipinski definition) is 1. The molecule has 0 aliphatic carbocycles. The third-order valence-corrected chi connectivity index (χ3v) is 4.34. The molecule has 110 valence electrons. The summed E-state index contributed by atoms with van der Waals surface area (Å²) in [6.07, 6.45) is 1.09. The minimum Gasteiger partial charge on any atom is -0.322 e. The van der Waals surface area contributed by atoms with Crippen molar-refractivity contribution >= 4 is 37.4 Å². The van der Waals surface area contributed by atoms with Crippen LogP contribution in [-0.2, 0) is 9.84 Å². The first kappa shape index (κ1) is 15.7. The van der Waals surface area contributed by atoms with Gasteiger partial charge in [-0.1, -0.05) is 15.9 Å². The van der Waals surface area contributed by atoms with E-state index in [1.54, 1.807) is 0 Å². The lowest BCUT2D eigenvalue weighted by molar-refractivity contribution is 0.102. The molecule has 0 spiro atoms. The minimum atomic E-state index is -3.29. The van der Waals surface area contributed by atoms with Crippen LogP contribution in [0.3, 0.4) is 0 Å². The van der Waals surface area contributed by atoms with Gasteiger partial charge in [-0.2, -0.15) is 0 Å². The average Bonchev–Trinajstić information content (AvgIpc) is 2.41. The van der Waals surface area contributed by atoms with Gasteiger partial charge in [0.25, 0.3) is 5.91 Å². The molecule has 0 unspecified atom stereocenters. The molecule has 0 aliphatic rings. The molecule has 1 N–H and O–H groups in total. The summed E-state index contributed by atoms with van der Waals surface area (Å²) in [6, 6.07) is 9.70. The van der Waals surface area contributed by atoms with E-state index in [-0.39, 0.29) is 10.5 Å². The number of carbonyl (C=O) groups excluding carboxylic acids is 1. The van der Waals surface area contributed by atoms with E-state index in [0.717, 1.165) is 6.26 Å². The highest BCUT2D eigenvalue weighted by Gasteiger charge is 2.13. The summed E-state index contributed by atoms with van der Waals surface area (Å²) in [4.78, 5) is 12.1. The Labute approximate surface area is 130 Å². The molecule has 0 bridgehead atoms. The summed E-state index contributed by atoms with van der Waals surface area (Å²) in [5, 5.41) is 2.51. The second kappa shape index (κ2) is 5.95. The van der Waals surface area contributed by atoms with Gasteiger partial charge in [-0.3, -0.25) is 4.79 Å². The zero-order valence-corrected chi connectivity index (χ0v) is 13.3. The van der Waals surface area contributed by atoms with E-state index in [1.165, 1.54) is 42.5 Å². The third-order valence-electron chi connectivity index (χ3n) is 2.71. The number of sulfone groups is 1. The molecule has 2 aromatic rings. The largest absolute Gasteiger partial charge is 0.322 e. The predicted molar refractivity (Wildman–Crippen MR) is 81.6 cm³/mol. The molecule has 0 radical (unpaired) electrons. The van der Waals surface area contributed by atoms with E-state index in [9.17, 15) is 17.6 Å². The maximum Gasteiger partial charge on any atom is 0.258 e. The van der Waals surface area contributed by atoms with Crippen LogP contribution in [0.1, 0.15) is 10.4 Å². The first-order chi connectivity index (χ1) is 9.77. The van der Waals surface area contributed by atoms with Crippen LogP contribution >= 0.6 is 15.9 Å². The first-order valence-corrected chi connectivity index (χ1v) is 8.52. The average molecular weight is 372 g/mol. The van der Waals surface area contributed by atoms with Crippen molar-refractivity contribution in [2.24, 2.45) is 0 Å². The van der Waals surface area contributed by atoms with Gasteiger partial charge in [0.1, 0.15) is 5.82 Å². The standard InChI is InChI=1S/C14H11BrFNO3S/c1-21(19,20)11-5-3-10(4-6-11)17-14(18)12-8-9(15)2-7-13(12)16/h2-8H,1H3,(H,17,18). The SMILES string of the molecule is CS(=O)(=O)c1ccc(NC(=O)c2cc(Br)ccc2F)cc1. The van der Waals surface area contributed by atoms with Crippen molar-refractivity contribution in [2.75, 3.05) is 11.6 Å². The third kappa shape index (κ3) is 3.89. The number of anilines is 1. The number of rotatable bonds is 3. The minimum absolute atomic E-state index is 0.100. The summed E-state index contributed by atoms with van der Waals surface area (Å²) in [7, 11) is -3.29. The summed E-state index contributed by atoms with van der Waals surface area (Å²) >= 11 is 3.17. The zero-order valence-electron chi connectivity index (χ0n) is 10.9.